The lowest BCUT2D eigenvalue weighted by Gasteiger charge is -2.12. The van der Waals surface area contributed by atoms with Gasteiger partial charge in [0.15, 0.2) is 8.68 Å². The Morgan fingerprint density at radius 2 is 2.04 bits per heavy atom. The van der Waals surface area contributed by atoms with Gasteiger partial charge in [-0.3, -0.25) is 9.59 Å². The summed E-state index contributed by atoms with van der Waals surface area (Å²) in [6.45, 7) is 1.78. The Bertz CT molecular complexity index is 723. The number of nitrogens with zero attached hydrogens (tertiary/aromatic N) is 2. The second-order valence-electron chi connectivity index (χ2n) is 4.54. The maximum absolute atomic E-state index is 12.3. The molecule has 3 N–H and O–H groups in total. The number of carbonyl (C=O) groups excluding carboxylic acids is 2. The lowest BCUT2D eigenvalue weighted by Crippen LogP contribution is -2.22. The molecule has 0 fully saturated rings. The summed E-state index contributed by atoms with van der Waals surface area (Å²) in [5, 5.41) is 10.4. The predicted molar refractivity (Wildman–Crippen MR) is 96.8 cm³/mol. The summed E-state index contributed by atoms with van der Waals surface area (Å²) in [6.07, 6.45) is 0. The third-order valence-corrected chi connectivity index (χ3v) is 6.00. The summed E-state index contributed by atoms with van der Waals surface area (Å²) in [5.74, 6) is 0.187. The van der Waals surface area contributed by atoms with Gasteiger partial charge in [0.25, 0.3) is 0 Å². The van der Waals surface area contributed by atoms with E-state index in [1.807, 2.05) is 12.1 Å². The first kappa shape index (κ1) is 18.6. The van der Waals surface area contributed by atoms with Crippen LogP contribution in [0.4, 0.5) is 5.69 Å². The van der Waals surface area contributed by atoms with Crippen molar-refractivity contribution in [1.82, 2.24) is 10.2 Å². The average molecular weight is 385 g/mol. The molecular formula is C14H16N4O3S3. The Morgan fingerprint density at radius 1 is 1.33 bits per heavy atom. The second-order valence-corrected chi connectivity index (χ2v) is 8.33. The van der Waals surface area contributed by atoms with Crippen molar-refractivity contribution < 1.29 is 14.3 Å². The van der Waals surface area contributed by atoms with Crippen molar-refractivity contribution in [2.75, 3.05) is 18.2 Å². The van der Waals surface area contributed by atoms with Crippen LogP contribution in [-0.4, -0.2) is 40.1 Å². The molecule has 0 saturated carbocycles. The molecule has 0 bridgehead atoms. The van der Waals surface area contributed by atoms with Crippen LogP contribution in [-0.2, 0) is 9.59 Å². The topological polar surface area (TPSA) is 107 Å². The van der Waals surface area contributed by atoms with Gasteiger partial charge in [0.05, 0.1) is 23.8 Å². The Morgan fingerprint density at radius 3 is 2.75 bits per heavy atom. The molecule has 2 amide bonds. The minimum absolute atomic E-state index is 0.156. The molecule has 1 heterocycles. The van der Waals surface area contributed by atoms with Gasteiger partial charge < -0.3 is 15.8 Å². The number of nitrogens with two attached hydrogens (primary N) is 1. The van der Waals surface area contributed by atoms with Crippen LogP contribution in [0.1, 0.15) is 6.92 Å². The Labute approximate surface area is 151 Å². The van der Waals surface area contributed by atoms with Gasteiger partial charge >= 0.3 is 0 Å². The maximum Gasteiger partial charge on any atom is 0.237 e. The fraction of sp³-hybridized carbons (Fsp3) is 0.286. The zero-order chi connectivity index (χ0) is 17.5. The molecule has 24 heavy (non-hydrogen) atoms. The number of benzene rings is 1. The van der Waals surface area contributed by atoms with Gasteiger partial charge in [0.1, 0.15) is 5.75 Å². The number of aromatic nitrogens is 2. The maximum atomic E-state index is 12.3. The number of ether oxygens (including phenoxy) is 1. The van der Waals surface area contributed by atoms with E-state index < -0.39 is 5.91 Å². The van der Waals surface area contributed by atoms with Crippen LogP contribution in [0.3, 0.4) is 0 Å². The van der Waals surface area contributed by atoms with E-state index in [-0.39, 0.29) is 16.9 Å². The highest BCUT2D eigenvalue weighted by atomic mass is 32.2. The minimum Gasteiger partial charge on any atom is -0.495 e. The smallest absolute Gasteiger partial charge is 0.237 e. The molecule has 0 saturated heterocycles. The van der Waals surface area contributed by atoms with Gasteiger partial charge in [-0.05, 0) is 19.1 Å². The SMILES string of the molecule is COc1ccccc1NC(=O)[C@H](C)Sc1nnc(SCC(N)=O)s1. The number of hydrogen-bond acceptors (Lipinski definition) is 8. The van der Waals surface area contributed by atoms with Gasteiger partial charge in [0.2, 0.25) is 11.8 Å². The fourth-order valence-electron chi connectivity index (χ4n) is 1.62. The number of amides is 2. The standard InChI is InChI=1S/C14H16N4O3S3/c1-8(12(20)16-9-5-3-4-6-10(9)21-2)23-14-18-17-13(24-14)22-7-11(15)19/h3-6,8H,7H2,1-2H3,(H2,15,19)(H,16,20)/t8-/m0/s1. The molecular weight excluding hydrogens is 368 g/mol. The van der Waals surface area contributed by atoms with E-state index in [9.17, 15) is 9.59 Å². The van der Waals surface area contributed by atoms with Crippen LogP contribution < -0.4 is 15.8 Å². The van der Waals surface area contributed by atoms with Gasteiger partial charge in [-0.15, -0.1) is 10.2 Å². The molecule has 0 radical (unpaired) electrons. The van der Waals surface area contributed by atoms with Crippen LogP contribution in [0.15, 0.2) is 32.9 Å². The van der Waals surface area contributed by atoms with E-state index in [2.05, 4.69) is 15.5 Å². The van der Waals surface area contributed by atoms with Crippen molar-refractivity contribution >= 4 is 52.4 Å². The largest absolute Gasteiger partial charge is 0.495 e. The van der Waals surface area contributed by atoms with Crippen LogP contribution in [0.2, 0.25) is 0 Å². The van der Waals surface area contributed by atoms with E-state index >= 15 is 0 Å². The summed E-state index contributed by atoms with van der Waals surface area (Å²) in [7, 11) is 1.55. The molecule has 0 unspecified atom stereocenters. The number of methoxy groups -OCH3 is 1. The highest BCUT2D eigenvalue weighted by Crippen LogP contribution is 2.32. The summed E-state index contributed by atoms with van der Waals surface area (Å²) in [5.41, 5.74) is 5.71. The van der Waals surface area contributed by atoms with Crippen molar-refractivity contribution in [3.63, 3.8) is 0 Å². The van der Waals surface area contributed by atoms with Crippen molar-refractivity contribution in [3.05, 3.63) is 24.3 Å². The Balaban J connectivity index is 1.93. The van der Waals surface area contributed by atoms with E-state index in [1.54, 1.807) is 26.2 Å². The zero-order valence-electron chi connectivity index (χ0n) is 13.0. The summed E-state index contributed by atoms with van der Waals surface area (Å²) >= 11 is 3.86. The number of primary amides is 1. The molecule has 0 aliphatic carbocycles. The van der Waals surface area contributed by atoms with Crippen LogP contribution in [0.5, 0.6) is 5.75 Å². The quantitative estimate of drug-likeness (QED) is 0.672. The van der Waals surface area contributed by atoms with Gasteiger partial charge in [0, 0.05) is 0 Å². The zero-order valence-corrected chi connectivity index (χ0v) is 15.5. The number of carbonyl (C=O) groups is 2. The summed E-state index contributed by atoms with van der Waals surface area (Å²) in [6, 6.07) is 7.21. The van der Waals surface area contributed by atoms with Crippen molar-refractivity contribution in [1.29, 1.82) is 0 Å². The molecule has 0 spiro atoms. The first-order chi connectivity index (χ1) is 11.5. The number of hydrogen-bond donors (Lipinski definition) is 2. The third kappa shape index (κ3) is 5.39. The van der Waals surface area contributed by atoms with Crippen molar-refractivity contribution in [2.45, 2.75) is 20.9 Å². The summed E-state index contributed by atoms with van der Waals surface area (Å²) in [4.78, 5) is 23.1. The second kappa shape index (κ2) is 8.90. The molecule has 2 aromatic rings. The van der Waals surface area contributed by atoms with E-state index in [4.69, 9.17) is 10.5 Å². The number of thioether (sulfide) groups is 2. The van der Waals surface area contributed by atoms with Gasteiger partial charge in [-0.2, -0.15) is 0 Å². The third-order valence-electron chi connectivity index (χ3n) is 2.74. The Hall–Kier alpha value is -1.78. The van der Waals surface area contributed by atoms with E-state index in [0.29, 0.717) is 20.1 Å². The number of para-hydroxylation sites is 2. The molecule has 0 aliphatic rings. The first-order valence-electron chi connectivity index (χ1n) is 6.84. The highest BCUT2D eigenvalue weighted by molar-refractivity contribution is 8.04. The van der Waals surface area contributed by atoms with E-state index in [1.165, 1.54) is 34.9 Å². The number of anilines is 1. The normalized spacial score (nSPS) is 11.8. The van der Waals surface area contributed by atoms with Gasteiger partial charge in [-0.25, -0.2) is 0 Å². The number of rotatable bonds is 8. The van der Waals surface area contributed by atoms with Gasteiger partial charge in [-0.1, -0.05) is 47.0 Å². The molecule has 2 rings (SSSR count). The number of nitrogens with one attached hydrogen (secondary N) is 1. The Kier molecular flexibility index (Phi) is 6.88. The van der Waals surface area contributed by atoms with Crippen LogP contribution in [0, 0.1) is 0 Å². The molecule has 1 aromatic heterocycles. The van der Waals surface area contributed by atoms with Crippen molar-refractivity contribution in [3.8, 4) is 5.75 Å². The molecule has 1 atom stereocenters. The average Bonchev–Trinajstić information content (AvgIpc) is 3.00. The van der Waals surface area contributed by atoms with E-state index in [0.717, 1.165) is 0 Å². The molecule has 10 heteroatoms. The molecule has 7 nitrogen and oxygen atoms in total. The summed E-state index contributed by atoms with van der Waals surface area (Å²) < 4.78 is 6.52. The monoisotopic (exact) mass is 384 g/mol. The van der Waals surface area contributed by atoms with Crippen LogP contribution >= 0.6 is 34.9 Å². The minimum atomic E-state index is -0.408. The predicted octanol–water partition coefficient (Wildman–Crippen LogP) is 2.24. The lowest BCUT2D eigenvalue weighted by molar-refractivity contribution is -0.116. The first-order valence-corrected chi connectivity index (χ1v) is 9.53. The van der Waals surface area contributed by atoms with Crippen molar-refractivity contribution in [2.24, 2.45) is 5.73 Å². The fourth-order valence-corrected chi connectivity index (χ4v) is 4.53. The van der Waals surface area contributed by atoms with Crippen LogP contribution in [0.25, 0.3) is 0 Å². The lowest BCUT2D eigenvalue weighted by atomic mass is 10.3. The highest BCUT2D eigenvalue weighted by Gasteiger charge is 2.18. The molecule has 128 valence electrons. The molecule has 0 aliphatic heterocycles. The molecule has 1 aromatic carbocycles.